The predicted molar refractivity (Wildman–Crippen MR) is 172 cm³/mol. The van der Waals surface area contributed by atoms with Gasteiger partial charge in [-0.25, -0.2) is 8.42 Å². The van der Waals surface area contributed by atoms with Crippen LogP contribution in [-0.2, 0) is 28.4 Å². The molecule has 0 bridgehead atoms. The van der Waals surface area contributed by atoms with Gasteiger partial charge in [0.1, 0.15) is 0 Å². The average Bonchev–Trinajstić information content (AvgIpc) is 3.01. The number of nitrogens with zero attached hydrogens (tertiary/aromatic N) is 1. The lowest BCUT2D eigenvalue weighted by atomic mass is 9.93. The lowest BCUT2D eigenvalue weighted by Gasteiger charge is -2.35. The maximum atomic E-state index is 14.6. The summed E-state index contributed by atoms with van der Waals surface area (Å²) in [7, 11) is -3.85. The third-order valence-corrected chi connectivity index (χ3v) is 14.1. The quantitative estimate of drug-likeness (QED) is 0.191. The summed E-state index contributed by atoms with van der Waals surface area (Å²) in [5, 5.41) is 2.22. The van der Waals surface area contributed by atoms with Crippen LogP contribution in [0.1, 0.15) is 43.2 Å². The molecule has 0 spiro atoms. The van der Waals surface area contributed by atoms with Gasteiger partial charge in [0.15, 0.2) is 0 Å². The van der Waals surface area contributed by atoms with Gasteiger partial charge >= 0.3 is 0 Å². The summed E-state index contributed by atoms with van der Waals surface area (Å²) in [6.07, 6.45) is 5.64. The van der Waals surface area contributed by atoms with Gasteiger partial charge in [0.2, 0.25) is 0 Å². The molecule has 4 aromatic carbocycles. The molecule has 0 heterocycles. The molecule has 0 aliphatic heterocycles. The molecule has 0 saturated heterocycles. The average molecular weight is 586 g/mol. The monoisotopic (exact) mass is 585 g/mol. The predicted octanol–water partition coefficient (Wildman–Crippen LogP) is 7.53. The van der Waals surface area contributed by atoms with Gasteiger partial charge in [-0.05, 0) is 66.5 Å². The summed E-state index contributed by atoms with van der Waals surface area (Å²) in [6.45, 7) is 2.25. The van der Waals surface area contributed by atoms with E-state index in [-0.39, 0.29) is 6.54 Å². The van der Waals surface area contributed by atoms with Crippen LogP contribution in [0.25, 0.3) is 0 Å². The number of hydrogen-bond donors (Lipinski definition) is 0. The van der Waals surface area contributed by atoms with Crippen LogP contribution < -0.4 is 10.6 Å². The van der Waals surface area contributed by atoms with E-state index < -0.39 is 16.1 Å². The molecule has 0 N–H and O–H groups in total. The Labute approximate surface area is 244 Å². The van der Waals surface area contributed by atoms with Gasteiger partial charge in [-0.2, -0.15) is 0 Å². The first kappa shape index (κ1) is 28.5. The van der Waals surface area contributed by atoms with Gasteiger partial charge in [0.05, 0.1) is 11.4 Å². The molecule has 206 valence electrons. The molecule has 0 unspecified atom stereocenters. The molecular weight excluding hydrogens is 549 g/mol. The Morgan fingerprint density at radius 2 is 1.23 bits per heavy atom. The molecule has 3 nitrogen and oxygen atoms in total. The van der Waals surface area contributed by atoms with Gasteiger partial charge in [-0.3, -0.25) is 4.31 Å². The topological polar surface area (TPSA) is 37.4 Å². The summed E-state index contributed by atoms with van der Waals surface area (Å²) in [4.78, 5) is 0.315. The Bertz CT molecular complexity index is 1550. The van der Waals surface area contributed by atoms with Crippen LogP contribution in [0.4, 0.5) is 0 Å². The molecule has 1 fully saturated rings. The van der Waals surface area contributed by atoms with E-state index in [0.717, 1.165) is 53.1 Å². The number of rotatable bonds is 9. The van der Waals surface area contributed by atoms with Gasteiger partial charge in [-0.15, -0.1) is 0 Å². The highest BCUT2D eigenvalue weighted by atomic mass is 32.4. The molecule has 0 atom stereocenters. The van der Waals surface area contributed by atoms with Crippen molar-refractivity contribution in [2.75, 3.05) is 6.16 Å². The lowest BCUT2D eigenvalue weighted by Crippen LogP contribution is -2.34. The second-order valence-corrected chi connectivity index (χ2v) is 17.1. The fourth-order valence-corrected chi connectivity index (χ4v) is 10.9. The summed E-state index contributed by atoms with van der Waals surface area (Å²) in [5.41, 5.74) is 4.11. The Morgan fingerprint density at radius 3 is 1.75 bits per heavy atom. The van der Waals surface area contributed by atoms with E-state index in [0.29, 0.717) is 11.1 Å². The first-order chi connectivity index (χ1) is 19.4. The lowest BCUT2D eigenvalue weighted by molar-refractivity contribution is 0.459. The highest BCUT2D eigenvalue weighted by molar-refractivity contribution is 8.22. The molecule has 5 rings (SSSR count). The van der Waals surface area contributed by atoms with Gasteiger partial charge in [0.25, 0.3) is 10.0 Å². The van der Waals surface area contributed by atoms with Gasteiger partial charge in [0, 0.05) is 17.9 Å². The summed E-state index contributed by atoms with van der Waals surface area (Å²) >= 11 is 6.68. The molecule has 1 saturated carbocycles. The normalized spacial score (nSPS) is 14.1. The zero-order valence-electron chi connectivity index (χ0n) is 22.9. The van der Waals surface area contributed by atoms with E-state index in [2.05, 4.69) is 24.3 Å². The molecule has 6 heteroatoms. The van der Waals surface area contributed by atoms with E-state index in [9.17, 15) is 8.42 Å². The van der Waals surface area contributed by atoms with Crippen molar-refractivity contribution in [1.82, 2.24) is 4.31 Å². The number of hydrogen-bond acceptors (Lipinski definition) is 3. The summed E-state index contributed by atoms with van der Waals surface area (Å²) in [5.74, 6) is 0. The van der Waals surface area contributed by atoms with E-state index in [1.807, 2.05) is 85.8 Å². The van der Waals surface area contributed by atoms with Crippen molar-refractivity contribution in [3.63, 3.8) is 0 Å². The number of benzene rings is 4. The Hall–Kier alpha value is -2.98. The highest BCUT2D eigenvalue weighted by Gasteiger charge is 2.34. The van der Waals surface area contributed by atoms with E-state index in [4.69, 9.17) is 11.8 Å². The number of allylic oxidation sites excluding steroid dienone is 2. The fraction of sp³-hybridized carbons (Fsp3) is 0.235. The van der Waals surface area contributed by atoms with Crippen molar-refractivity contribution in [2.24, 2.45) is 0 Å². The molecule has 0 radical (unpaired) electrons. The van der Waals surface area contributed by atoms with Crippen molar-refractivity contribution < 1.29 is 8.42 Å². The molecule has 40 heavy (non-hydrogen) atoms. The first-order valence-electron chi connectivity index (χ1n) is 13.9. The maximum Gasteiger partial charge on any atom is 0.264 e. The van der Waals surface area contributed by atoms with E-state index >= 15 is 0 Å². The molecular formula is C34H36NO2PS2. The van der Waals surface area contributed by atoms with Crippen LogP contribution in [0.15, 0.2) is 131 Å². The Morgan fingerprint density at radius 1 is 0.725 bits per heavy atom. The number of aryl methyl sites for hydroxylation is 1. The van der Waals surface area contributed by atoms with Crippen LogP contribution in [0, 0.1) is 6.92 Å². The molecule has 1 aliphatic carbocycles. The third-order valence-electron chi connectivity index (χ3n) is 7.66. The molecule has 4 aromatic rings. The Kier molecular flexibility index (Phi) is 9.05. The summed E-state index contributed by atoms with van der Waals surface area (Å²) < 4.78 is 30.8. The number of sulfonamides is 1. The van der Waals surface area contributed by atoms with Crippen molar-refractivity contribution >= 4 is 38.5 Å². The molecule has 0 aromatic heterocycles. The Balaban J connectivity index is 1.71. The van der Waals surface area contributed by atoms with Crippen molar-refractivity contribution in [3.05, 3.63) is 138 Å². The first-order valence-corrected chi connectivity index (χ1v) is 18.4. The van der Waals surface area contributed by atoms with Crippen LogP contribution in [0.2, 0.25) is 0 Å². The summed E-state index contributed by atoms with van der Waals surface area (Å²) in [6, 6.07) is 35.4. The van der Waals surface area contributed by atoms with Crippen molar-refractivity contribution in [3.8, 4) is 0 Å². The van der Waals surface area contributed by atoms with E-state index in [1.54, 1.807) is 16.4 Å². The highest BCUT2D eigenvalue weighted by Crippen LogP contribution is 2.48. The van der Waals surface area contributed by atoms with Crippen LogP contribution >= 0.6 is 6.04 Å². The van der Waals surface area contributed by atoms with E-state index in [1.165, 1.54) is 12.0 Å². The fourth-order valence-electron chi connectivity index (χ4n) is 5.43. The minimum absolute atomic E-state index is 0.273. The van der Waals surface area contributed by atoms with Gasteiger partial charge < -0.3 is 0 Å². The van der Waals surface area contributed by atoms with Crippen molar-refractivity contribution in [2.45, 2.75) is 50.5 Å². The third kappa shape index (κ3) is 6.33. The second kappa shape index (κ2) is 12.7. The maximum absolute atomic E-state index is 14.6. The molecule has 0 amide bonds. The zero-order chi connectivity index (χ0) is 28.0. The smallest absolute Gasteiger partial charge is 0.264 e. The standard InChI is InChI=1S/C34H36NO2PS2/c1-28-22-24-33(25-23-28)40(36,37)35(26-29-14-6-2-7-15-29)34(30-16-8-3-9-17-30)27-38(39,31-18-10-4-11-19-31)32-20-12-5-13-21-32/h2,4-7,10-15,18-25H,3,8-9,16-17,26-27H2,1H3. The SMILES string of the molecule is Cc1ccc(S(=O)(=O)N(Cc2ccccc2)C(CP(=S)(c2ccccc2)c2ccccc2)=C2CCCCC2)cc1. The minimum Gasteiger partial charge on any atom is -0.265 e. The van der Waals surface area contributed by atoms with Gasteiger partial charge in [-0.1, -0.05) is 127 Å². The van der Waals surface area contributed by atoms with Crippen LogP contribution in [-0.4, -0.2) is 18.9 Å². The van der Waals surface area contributed by atoms with Crippen LogP contribution in [0.3, 0.4) is 0 Å². The second-order valence-electron chi connectivity index (χ2n) is 10.5. The van der Waals surface area contributed by atoms with Crippen LogP contribution in [0.5, 0.6) is 0 Å². The zero-order valence-corrected chi connectivity index (χ0v) is 25.5. The molecule has 1 aliphatic rings. The van der Waals surface area contributed by atoms with Crippen molar-refractivity contribution in [1.29, 1.82) is 0 Å². The largest absolute Gasteiger partial charge is 0.265 e. The minimum atomic E-state index is -3.85.